The summed E-state index contributed by atoms with van der Waals surface area (Å²) in [6, 6.07) is 3.91. The second-order valence-corrected chi connectivity index (χ2v) is 13.7. The van der Waals surface area contributed by atoms with Crippen molar-refractivity contribution in [2.75, 3.05) is 50.7 Å². The van der Waals surface area contributed by atoms with Crippen LogP contribution in [0.1, 0.15) is 74.4 Å². The van der Waals surface area contributed by atoms with Crippen LogP contribution in [0, 0.1) is 11.8 Å². The van der Waals surface area contributed by atoms with E-state index in [9.17, 15) is 13.6 Å². The predicted octanol–water partition coefficient (Wildman–Crippen LogP) is 5.09. The van der Waals surface area contributed by atoms with E-state index < -0.39 is 6.43 Å². The molecule has 0 spiro atoms. The quantitative estimate of drug-likeness (QED) is 0.414. The Morgan fingerprint density at radius 3 is 2.64 bits per heavy atom. The molecule has 0 bridgehead atoms. The molecular weight excluding hydrogens is 574 g/mol. The maximum Gasteiger partial charge on any atom is 0.264 e. The van der Waals surface area contributed by atoms with Crippen LogP contribution in [0.25, 0.3) is 11.1 Å². The number of hydrogen-bond acceptors (Lipinski definition) is 6. The Balaban J connectivity index is 1.21. The summed E-state index contributed by atoms with van der Waals surface area (Å²) in [6.45, 7) is 11.4. The number of fused-ring (bicyclic) bond motifs is 2. The van der Waals surface area contributed by atoms with Crippen molar-refractivity contribution in [1.29, 1.82) is 0 Å². The highest BCUT2D eigenvalue weighted by Crippen LogP contribution is 2.43. The summed E-state index contributed by atoms with van der Waals surface area (Å²) >= 11 is 0. The van der Waals surface area contributed by atoms with Crippen LogP contribution >= 0.6 is 0 Å². The lowest BCUT2D eigenvalue weighted by atomic mass is 9.87. The maximum atomic E-state index is 14.6. The molecule has 2 aromatic heterocycles. The molecule has 0 unspecified atom stereocenters. The molecule has 0 aliphatic carbocycles. The molecule has 4 aliphatic heterocycles. The number of piperidine rings is 2. The van der Waals surface area contributed by atoms with Gasteiger partial charge < -0.3 is 20.0 Å². The molecule has 2 fully saturated rings. The van der Waals surface area contributed by atoms with E-state index >= 15 is 0 Å². The van der Waals surface area contributed by atoms with Gasteiger partial charge in [0.2, 0.25) is 5.91 Å². The minimum Gasteiger partial charge on any atom is -0.338 e. The lowest BCUT2D eigenvalue weighted by molar-refractivity contribution is -0.129. The first-order valence-electron chi connectivity index (χ1n) is 16.8. The highest BCUT2D eigenvalue weighted by Gasteiger charge is 2.35. The third-order valence-corrected chi connectivity index (χ3v) is 10.7. The van der Waals surface area contributed by atoms with Crippen molar-refractivity contribution in [1.82, 2.24) is 34.7 Å². The summed E-state index contributed by atoms with van der Waals surface area (Å²) < 4.78 is 33.0. The number of carbonyl (C=O) groups is 1. The Bertz CT molecular complexity index is 1540. The number of anilines is 2. The largest absolute Gasteiger partial charge is 0.338 e. The predicted molar refractivity (Wildman–Crippen MR) is 171 cm³/mol. The van der Waals surface area contributed by atoms with Crippen molar-refractivity contribution in [2.45, 2.75) is 71.4 Å². The molecule has 45 heavy (non-hydrogen) atoms. The fraction of sp³-hybridized carbons (Fsp3) is 0.618. The zero-order chi connectivity index (χ0) is 31.2. The number of halogens is 2. The summed E-state index contributed by atoms with van der Waals surface area (Å²) in [5.74, 6) is 2.34. The highest BCUT2D eigenvalue weighted by atomic mass is 19.3. The van der Waals surface area contributed by atoms with E-state index in [0.717, 1.165) is 86.8 Å². The molecule has 7 rings (SSSR count). The number of aromatic nitrogens is 4. The minimum atomic E-state index is -2.62. The minimum absolute atomic E-state index is 0.0164. The number of nitrogens with one attached hydrogen (secondary N) is 1. The molecule has 2 atom stereocenters. The highest BCUT2D eigenvalue weighted by molar-refractivity contribution is 5.78. The van der Waals surface area contributed by atoms with Crippen LogP contribution < -0.4 is 10.2 Å². The fourth-order valence-electron chi connectivity index (χ4n) is 8.09. The Morgan fingerprint density at radius 2 is 1.93 bits per heavy atom. The molecule has 4 aliphatic rings. The van der Waals surface area contributed by atoms with Crippen molar-refractivity contribution >= 4 is 17.4 Å². The van der Waals surface area contributed by atoms with E-state index in [4.69, 9.17) is 5.10 Å². The van der Waals surface area contributed by atoms with E-state index in [-0.39, 0.29) is 11.5 Å². The van der Waals surface area contributed by atoms with Crippen molar-refractivity contribution in [3.63, 3.8) is 0 Å². The maximum absolute atomic E-state index is 14.6. The van der Waals surface area contributed by atoms with Gasteiger partial charge in [0.25, 0.3) is 6.43 Å². The van der Waals surface area contributed by atoms with Crippen molar-refractivity contribution in [2.24, 2.45) is 18.9 Å². The van der Waals surface area contributed by atoms with Gasteiger partial charge in [-0.3, -0.25) is 14.2 Å². The monoisotopic (exact) mass is 620 g/mol. The van der Waals surface area contributed by atoms with Crippen LogP contribution in [0.5, 0.6) is 0 Å². The van der Waals surface area contributed by atoms with Gasteiger partial charge in [-0.25, -0.2) is 8.78 Å². The van der Waals surface area contributed by atoms with Gasteiger partial charge in [0.1, 0.15) is 0 Å². The van der Waals surface area contributed by atoms with E-state index in [0.29, 0.717) is 42.7 Å². The lowest BCUT2D eigenvalue weighted by Crippen LogP contribution is -2.44. The Labute approximate surface area is 264 Å². The van der Waals surface area contributed by atoms with Crippen molar-refractivity contribution in [3.05, 3.63) is 46.9 Å². The molecule has 2 saturated heterocycles. The zero-order valence-electron chi connectivity index (χ0n) is 26.8. The topological polar surface area (TPSA) is 74.5 Å². The van der Waals surface area contributed by atoms with E-state index in [1.54, 1.807) is 37.1 Å². The molecule has 6 heterocycles. The Kier molecular flexibility index (Phi) is 8.41. The van der Waals surface area contributed by atoms with Crippen LogP contribution in [-0.4, -0.2) is 81.1 Å². The molecule has 9 nitrogen and oxygen atoms in total. The smallest absolute Gasteiger partial charge is 0.264 e. The number of benzene rings is 1. The molecular formula is C34H46F2N8O. The molecule has 0 saturated carbocycles. The number of hydrogen-bond donors (Lipinski definition) is 1. The summed E-state index contributed by atoms with van der Waals surface area (Å²) in [6.07, 6.45) is 6.65. The third kappa shape index (κ3) is 5.89. The molecule has 11 heteroatoms. The fourth-order valence-corrected chi connectivity index (χ4v) is 8.09. The first-order valence-corrected chi connectivity index (χ1v) is 16.8. The number of aryl methyl sites for hydroxylation is 2. The van der Waals surface area contributed by atoms with Gasteiger partial charge in [-0.05, 0) is 80.3 Å². The molecule has 0 radical (unpaired) electrons. The van der Waals surface area contributed by atoms with Gasteiger partial charge >= 0.3 is 0 Å². The SMILES string of the molecule is CC(=O)N1CCc2c(c(N3CCCc4cc(-c5cnn(C)c5)c(C(F)F)cc43)nn2C2CCN(C[C@H]3CCNC[C@H]3C)CC2)C1. The number of rotatable bonds is 6. The molecule has 1 aromatic carbocycles. The number of alkyl halides is 2. The summed E-state index contributed by atoms with van der Waals surface area (Å²) in [5, 5.41) is 13.1. The van der Waals surface area contributed by atoms with Gasteiger partial charge in [-0.1, -0.05) is 6.92 Å². The standard InChI is InChI=1S/C34H46F2N8O/c1-22-17-37-10-6-25(22)20-41-12-7-27(8-13-41)44-31-9-14-42(23(2)45)21-30(31)34(39-44)43-11-4-5-24-15-28(26-18-38-40(3)19-26)29(33(35)36)16-32(24)43/h15-16,18-19,22,25,27,33,37H,4-14,17,20-21H2,1-3H3/t22-,25-/m1/s1. The van der Waals surface area contributed by atoms with Crippen molar-refractivity contribution in [3.8, 4) is 11.1 Å². The summed E-state index contributed by atoms with van der Waals surface area (Å²) in [7, 11) is 1.80. The average molecular weight is 621 g/mol. The van der Waals surface area contributed by atoms with Crippen LogP contribution in [0.3, 0.4) is 0 Å². The van der Waals surface area contributed by atoms with Gasteiger partial charge in [-0.15, -0.1) is 0 Å². The molecule has 242 valence electrons. The van der Waals surface area contributed by atoms with E-state index in [2.05, 4.69) is 31.8 Å². The normalized spacial score (nSPS) is 23.0. The van der Waals surface area contributed by atoms with Gasteiger partial charge in [-0.2, -0.15) is 10.2 Å². The summed E-state index contributed by atoms with van der Waals surface area (Å²) in [4.78, 5) is 19.2. The first kappa shape index (κ1) is 30.3. The Hall–Kier alpha value is -3.31. The molecule has 3 aromatic rings. The van der Waals surface area contributed by atoms with E-state index in [1.165, 1.54) is 18.7 Å². The van der Waals surface area contributed by atoms with Crippen LogP contribution in [0.2, 0.25) is 0 Å². The average Bonchev–Trinajstić information content (AvgIpc) is 3.65. The zero-order valence-corrected chi connectivity index (χ0v) is 26.8. The number of nitrogens with zero attached hydrogens (tertiary/aromatic N) is 7. The van der Waals surface area contributed by atoms with Crippen LogP contribution in [-0.2, 0) is 31.2 Å². The lowest BCUT2D eigenvalue weighted by Gasteiger charge is -2.38. The van der Waals surface area contributed by atoms with Gasteiger partial charge in [0.05, 0.1) is 18.8 Å². The Morgan fingerprint density at radius 1 is 1.11 bits per heavy atom. The molecule has 1 amide bonds. The number of carbonyl (C=O) groups excluding carboxylic acids is 1. The van der Waals surface area contributed by atoms with Crippen molar-refractivity contribution < 1.29 is 13.6 Å². The van der Waals surface area contributed by atoms with Gasteiger partial charge in [0.15, 0.2) is 5.82 Å². The third-order valence-electron chi connectivity index (χ3n) is 10.7. The number of likely N-dealkylation sites (tertiary alicyclic amines) is 1. The van der Waals surface area contributed by atoms with E-state index in [1.807, 2.05) is 11.0 Å². The van der Waals surface area contributed by atoms with Crippen LogP contribution in [0.15, 0.2) is 24.5 Å². The first-order chi connectivity index (χ1) is 21.8. The summed E-state index contributed by atoms with van der Waals surface area (Å²) in [5.41, 5.74) is 5.40. The second-order valence-electron chi connectivity index (χ2n) is 13.7. The van der Waals surface area contributed by atoms with Crippen LogP contribution in [0.4, 0.5) is 20.3 Å². The molecule has 1 N–H and O–H groups in total. The second kappa shape index (κ2) is 12.5. The van der Waals surface area contributed by atoms with Gasteiger partial charge in [0, 0.05) is 87.4 Å². The number of amides is 1.